The second-order valence-corrected chi connectivity index (χ2v) is 5.82. The van der Waals surface area contributed by atoms with E-state index < -0.39 is 11.9 Å². The first kappa shape index (κ1) is 16.0. The predicted octanol–water partition coefficient (Wildman–Crippen LogP) is 4.77. The van der Waals surface area contributed by atoms with Crippen LogP contribution in [0.4, 0.5) is 4.39 Å². The van der Waals surface area contributed by atoms with E-state index in [2.05, 4.69) is 15.9 Å². The van der Waals surface area contributed by atoms with Crippen LogP contribution in [0.3, 0.4) is 0 Å². The Kier molecular flexibility index (Phi) is 5.37. The van der Waals surface area contributed by atoms with Gasteiger partial charge in [-0.3, -0.25) is 0 Å². The van der Waals surface area contributed by atoms with Gasteiger partial charge in [-0.2, -0.15) is 0 Å². The molecule has 0 fully saturated rings. The zero-order chi connectivity index (χ0) is 15.4. The maximum atomic E-state index is 13.9. The number of aliphatic hydroxyl groups excluding tert-OH is 1. The van der Waals surface area contributed by atoms with Crippen molar-refractivity contribution in [2.75, 3.05) is 6.61 Å². The van der Waals surface area contributed by atoms with Crippen LogP contribution in [-0.2, 0) is 0 Å². The zero-order valence-electron chi connectivity index (χ0n) is 12.1. The average Bonchev–Trinajstić information content (AvgIpc) is 2.45. The lowest BCUT2D eigenvalue weighted by molar-refractivity contribution is 0.214. The van der Waals surface area contributed by atoms with Gasteiger partial charge >= 0.3 is 0 Å². The van der Waals surface area contributed by atoms with E-state index >= 15 is 0 Å². The Hall–Kier alpha value is -1.39. The van der Waals surface area contributed by atoms with E-state index in [9.17, 15) is 9.50 Å². The van der Waals surface area contributed by atoms with Crippen LogP contribution >= 0.6 is 15.9 Å². The lowest BCUT2D eigenvalue weighted by atomic mass is 10.00. The van der Waals surface area contributed by atoms with Crippen molar-refractivity contribution in [1.29, 1.82) is 0 Å². The summed E-state index contributed by atoms with van der Waals surface area (Å²) >= 11 is 3.42. The van der Waals surface area contributed by atoms with Gasteiger partial charge in [0.25, 0.3) is 0 Å². The van der Waals surface area contributed by atoms with Gasteiger partial charge in [0.15, 0.2) is 0 Å². The van der Waals surface area contributed by atoms with Crippen molar-refractivity contribution in [1.82, 2.24) is 0 Å². The van der Waals surface area contributed by atoms with Crippen LogP contribution in [0.1, 0.15) is 36.1 Å². The summed E-state index contributed by atoms with van der Waals surface area (Å²) in [6, 6.07) is 10.1. The minimum Gasteiger partial charge on any atom is -0.492 e. The fourth-order valence-electron chi connectivity index (χ4n) is 2.05. The molecule has 1 unspecified atom stereocenters. The summed E-state index contributed by atoms with van der Waals surface area (Å²) in [5.41, 5.74) is 1.72. The summed E-state index contributed by atoms with van der Waals surface area (Å²) in [6.45, 7) is 4.48. The van der Waals surface area contributed by atoms with Gasteiger partial charge in [0.05, 0.1) is 11.1 Å². The van der Waals surface area contributed by atoms with Crippen molar-refractivity contribution in [2.45, 2.75) is 26.4 Å². The molecule has 21 heavy (non-hydrogen) atoms. The molecular formula is C17H18BrFO2. The van der Waals surface area contributed by atoms with Crippen LogP contribution in [0.5, 0.6) is 5.75 Å². The Labute approximate surface area is 132 Å². The van der Waals surface area contributed by atoms with Crippen LogP contribution in [0, 0.1) is 12.7 Å². The van der Waals surface area contributed by atoms with Crippen molar-refractivity contribution >= 4 is 15.9 Å². The molecule has 2 rings (SSSR count). The summed E-state index contributed by atoms with van der Waals surface area (Å²) in [5.74, 6) is 0.321. The van der Waals surface area contributed by atoms with Crippen molar-refractivity contribution in [2.24, 2.45) is 0 Å². The standard InChI is InChI=1S/C17H18BrFO2/c1-3-8-21-16-7-5-12(10-14(16)18)17(20)13-6-4-11(2)9-15(13)19/h4-7,9-10,17,20H,3,8H2,1-2H3. The molecule has 0 saturated heterocycles. The van der Waals surface area contributed by atoms with E-state index in [4.69, 9.17) is 4.74 Å². The summed E-state index contributed by atoms with van der Waals surface area (Å²) in [6.07, 6.45) is -0.0760. The molecule has 0 amide bonds. The topological polar surface area (TPSA) is 29.5 Å². The van der Waals surface area contributed by atoms with Crippen LogP contribution in [0.15, 0.2) is 40.9 Å². The maximum absolute atomic E-state index is 13.9. The Morgan fingerprint density at radius 1 is 1.24 bits per heavy atom. The van der Waals surface area contributed by atoms with E-state index in [0.29, 0.717) is 12.2 Å². The Bertz CT molecular complexity index is 628. The van der Waals surface area contributed by atoms with Crippen LogP contribution < -0.4 is 4.74 Å². The molecule has 2 aromatic carbocycles. The van der Waals surface area contributed by atoms with Gasteiger partial charge < -0.3 is 9.84 Å². The molecule has 112 valence electrons. The number of rotatable bonds is 5. The molecule has 0 aliphatic rings. The number of benzene rings is 2. The molecule has 2 aromatic rings. The zero-order valence-corrected chi connectivity index (χ0v) is 13.7. The fourth-order valence-corrected chi connectivity index (χ4v) is 2.56. The van der Waals surface area contributed by atoms with Crippen molar-refractivity contribution < 1.29 is 14.2 Å². The van der Waals surface area contributed by atoms with Crippen LogP contribution in [0.25, 0.3) is 0 Å². The summed E-state index contributed by atoms with van der Waals surface area (Å²) < 4.78 is 20.2. The van der Waals surface area contributed by atoms with E-state index in [1.54, 1.807) is 30.3 Å². The lowest BCUT2D eigenvalue weighted by Gasteiger charge is -2.15. The molecular weight excluding hydrogens is 335 g/mol. The molecule has 0 bridgehead atoms. The number of hydrogen-bond acceptors (Lipinski definition) is 2. The van der Waals surface area contributed by atoms with E-state index in [-0.39, 0.29) is 5.56 Å². The fraction of sp³-hybridized carbons (Fsp3) is 0.294. The lowest BCUT2D eigenvalue weighted by Crippen LogP contribution is -2.04. The van der Waals surface area contributed by atoms with Crippen LogP contribution in [0.2, 0.25) is 0 Å². The highest BCUT2D eigenvalue weighted by Crippen LogP contribution is 2.31. The summed E-state index contributed by atoms with van der Waals surface area (Å²) in [5, 5.41) is 10.4. The van der Waals surface area contributed by atoms with Crippen molar-refractivity contribution in [3.63, 3.8) is 0 Å². The minimum atomic E-state index is -0.998. The second-order valence-electron chi connectivity index (χ2n) is 4.97. The van der Waals surface area contributed by atoms with E-state index in [0.717, 1.165) is 22.2 Å². The van der Waals surface area contributed by atoms with Crippen molar-refractivity contribution in [3.8, 4) is 5.75 Å². The molecule has 0 aromatic heterocycles. The summed E-state index contributed by atoms with van der Waals surface area (Å²) in [4.78, 5) is 0. The van der Waals surface area contributed by atoms with Gasteiger partial charge in [0.1, 0.15) is 17.7 Å². The highest BCUT2D eigenvalue weighted by molar-refractivity contribution is 9.10. The molecule has 2 nitrogen and oxygen atoms in total. The van der Waals surface area contributed by atoms with E-state index in [1.165, 1.54) is 6.07 Å². The van der Waals surface area contributed by atoms with Crippen LogP contribution in [-0.4, -0.2) is 11.7 Å². The Balaban J connectivity index is 2.27. The van der Waals surface area contributed by atoms with Gasteiger partial charge in [0.2, 0.25) is 0 Å². The number of hydrogen-bond donors (Lipinski definition) is 1. The third-order valence-electron chi connectivity index (χ3n) is 3.18. The Morgan fingerprint density at radius 3 is 2.62 bits per heavy atom. The second kappa shape index (κ2) is 7.05. The predicted molar refractivity (Wildman–Crippen MR) is 85.1 cm³/mol. The van der Waals surface area contributed by atoms with Gasteiger partial charge in [-0.1, -0.05) is 25.1 Å². The minimum absolute atomic E-state index is 0.273. The molecule has 1 atom stereocenters. The molecule has 0 radical (unpaired) electrons. The number of aliphatic hydroxyl groups is 1. The monoisotopic (exact) mass is 352 g/mol. The first-order chi connectivity index (χ1) is 10.0. The first-order valence-corrected chi connectivity index (χ1v) is 7.68. The number of ether oxygens (including phenoxy) is 1. The average molecular weight is 353 g/mol. The summed E-state index contributed by atoms with van der Waals surface area (Å²) in [7, 11) is 0. The Morgan fingerprint density at radius 2 is 2.00 bits per heavy atom. The van der Waals surface area contributed by atoms with Crippen molar-refractivity contribution in [3.05, 3.63) is 63.4 Å². The van der Waals surface area contributed by atoms with Gasteiger partial charge in [-0.15, -0.1) is 0 Å². The maximum Gasteiger partial charge on any atom is 0.133 e. The molecule has 0 spiro atoms. The number of halogens is 2. The largest absolute Gasteiger partial charge is 0.492 e. The smallest absolute Gasteiger partial charge is 0.133 e. The SMILES string of the molecule is CCCOc1ccc(C(O)c2ccc(C)cc2F)cc1Br. The third kappa shape index (κ3) is 3.83. The highest BCUT2D eigenvalue weighted by atomic mass is 79.9. The normalized spacial score (nSPS) is 12.2. The third-order valence-corrected chi connectivity index (χ3v) is 3.80. The molecule has 1 N–H and O–H groups in total. The number of aryl methyl sites for hydroxylation is 1. The molecule has 0 saturated carbocycles. The molecule has 0 aliphatic carbocycles. The highest BCUT2D eigenvalue weighted by Gasteiger charge is 2.16. The molecule has 4 heteroatoms. The quantitative estimate of drug-likeness (QED) is 0.839. The molecule has 0 heterocycles. The van der Waals surface area contributed by atoms with Gasteiger partial charge in [-0.25, -0.2) is 4.39 Å². The van der Waals surface area contributed by atoms with Gasteiger partial charge in [-0.05, 0) is 58.6 Å². The van der Waals surface area contributed by atoms with E-state index in [1.807, 2.05) is 13.8 Å². The first-order valence-electron chi connectivity index (χ1n) is 6.89. The van der Waals surface area contributed by atoms with Gasteiger partial charge in [0, 0.05) is 5.56 Å². The molecule has 0 aliphatic heterocycles.